The van der Waals surface area contributed by atoms with Crippen LogP contribution in [0.3, 0.4) is 0 Å². The third-order valence-electron chi connectivity index (χ3n) is 5.30. The molecule has 3 aromatic rings. The van der Waals surface area contributed by atoms with Crippen LogP contribution in [0.25, 0.3) is 0 Å². The fourth-order valence-electron chi connectivity index (χ4n) is 3.56. The van der Waals surface area contributed by atoms with Crippen LogP contribution in [0.5, 0.6) is 0 Å². The molecular weight excluding hydrogens is 564 g/mol. The molecule has 0 fully saturated rings. The maximum Gasteiger partial charge on any atom is 0.416 e. The Morgan fingerprint density at radius 2 is 1.94 bits per heavy atom. The van der Waals surface area contributed by atoms with E-state index in [-0.39, 0.29) is 18.1 Å². The van der Waals surface area contributed by atoms with Crippen molar-refractivity contribution in [3.63, 3.8) is 0 Å². The van der Waals surface area contributed by atoms with E-state index >= 15 is 0 Å². The quantitative estimate of drug-likeness (QED) is 0.318. The number of carbonyl (C=O) groups is 2. The SMILES string of the molecule is Cc1ccc(NC(=O)c2cccc(C(F)(F)F)c2)cc1N1Cc2cnc(NI)nc2N(C)C1=O. The number of hydrogen-bond donors (Lipinski definition) is 2. The smallest absolute Gasteiger partial charge is 0.322 e. The van der Waals surface area contributed by atoms with Gasteiger partial charge in [-0.05, 0) is 42.8 Å². The van der Waals surface area contributed by atoms with Gasteiger partial charge in [0.15, 0.2) is 0 Å². The molecule has 0 atom stereocenters. The average Bonchev–Trinajstić information content (AvgIpc) is 2.82. The van der Waals surface area contributed by atoms with Crippen LogP contribution in [0.15, 0.2) is 48.7 Å². The first-order valence-corrected chi connectivity index (χ1v) is 11.0. The number of rotatable bonds is 4. The monoisotopic (exact) mass is 582 g/mol. The molecule has 1 aliphatic heterocycles. The van der Waals surface area contributed by atoms with Crippen LogP contribution >= 0.6 is 22.9 Å². The van der Waals surface area contributed by atoms with Gasteiger partial charge in [-0.15, -0.1) is 0 Å². The van der Waals surface area contributed by atoms with Crippen LogP contribution in [0.2, 0.25) is 0 Å². The molecule has 12 heteroatoms. The Morgan fingerprint density at radius 1 is 1.18 bits per heavy atom. The zero-order valence-corrected chi connectivity index (χ0v) is 20.1. The zero-order chi connectivity index (χ0) is 24.6. The largest absolute Gasteiger partial charge is 0.416 e. The van der Waals surface area contributed by atoms with E-state index in [2.05, 4.69) is 18.8 Å². The molecule has 176 valence electrons. The van der Waals surface area contributed by atoms with Crippen molar-refractivity contribution in [2.45, 2.75) is 19.6 Å². The Bertz CT molecular complexity index is 1280. The molecular formula is C22H18F3IN6O2. The molecule has 3 amide bonds. The molecule has 0 unspecified atom stereocenters. The predicted molar refractivity (Wildman–Crippen MR) is 130 cm³/mol. The summed E-state index contributed by atoms with van der Waals surface area (Å²) in [5.41, 5.74) is 1.35. The maximum atomic E-state index is 13.1. The predicted octanol–water partition coefficient (Wildman–Crippen LogP) is 5.39. The number of amides is 3. The number of alkyl halides is 3. The molecule has 4 rings (SSSR count). The van der Waals surface area contributed by atoms with E-state index in [0.29, 0.717) is 23.1 Å². The summed E-state index contributed by atoms with van der Waals surface area (Å²) in [6, 6.07) is 8.81. The molecule has 0 bridgehead atoms. The standard InChI is InChI=1S/C22H18F3IN6O2/c1-12-6-7-16(28-19(33)13-4-3-5-15(8-13)22(23,24)25)9-17(12)32-11-14-10-27-20(30-26)29-18(14)31(2)21(32)34/h3-10H,11H2,1-2H3,(H,28,33)(H,27,29,30). The second kappa shape index (κ2) is 9.08. The van der Waals surface area contributed by atoms with Crippen molar-refractivity contribution < 1.29 is 22.8 Å². The van der Waals surface area contributed by atoms with Crippen LogP contribution in [0.1, 0.15) is 27.0 Å². The van der Waals surface area contributed by atoms with E-state index in [9.17, 15) is 22.8 Å². The van der Waals surface area contributed by atoms with E-state index in [1.165, 1.54) is 21.9 Å². The number of aromatic nitrogens is 2. The Morgan fingerprint density at radius 3 is 2.65 bits per heavy atom. The van der Waals surface area contributed by atoms with E-state index < -0.39 is 17.6 Å². The third kappa shape index (κ3) is 4.62. The number of aryl methyl sites for hydroxylation is 1. The van der Waals surface area contributed by atoms with Crippen LogP contribution in [-0.4, -0.2) is 29.0 Å². The van der Waals surface area contributed by atoms with Gasteiger partial charge < -0.3 is 5.32 Å². The molecule has 2 heterocycles. The first-order valence-electron chi connectivity index (χ1n) is 9.95. The van der Waals surface area contributed by atoms with Crippen molar-refractivity contribution in [1.29, 1.82) is 0 Å². The number of benzene rings is 2. The normalized spacial score (nSPS) is 13.5. The molecule has 1 aliphatic rings. The van der Waals surface area contributed by atoms with Gasteiger partial charge >= 0.3 is 12.2 Å². The molecule has 34 heavy (non-hydrogen) atoms. The number of urea groups is 1. The van der Waals surface area contributed by atoms with E-state index in [1.54, 1.807) is 31.4 Å². The Hall–Kier alpha value is -3.42. The molecule has 1 aromatic heterocycles. The Labute approximate surface area is 206 Å². The number of hydrogen-bond acceptors (Lipinski definition) is 5. The molecule has 0 radical (unpaired) electrons. The zero-order valence-electron chi connectivity index (χ0n) is 17.9. The van der Waals surface area contributed by atoms with Crippen molar-refractivity contribution in [2.75, 3.05) is 25.7 Å². The summed E-state index contributed by atoms with van der Waals surface area (Å²) in [4.78, 5) is 37.2. The molecule has 8 nitrogen and oxygen atoms in total. The van der Waals surface area contributed by atoms with Gasteiger partial charge in [-0.2, -0.15) is 18.2 Å². The number of nitrogens with one attached hydrogen (secondary N) is 2. The highest BCUT2D eigenvalue weighted by Crippen LogP contribution is 2.33. The summed E-state index contributed by atoms with van der Waals surface area (Å²) >= 11 is 1.90. The summed E-state index contributed by atoms with van der Waals surface area (Å²) in [7, 11) is 1.60. The van der Waals surface area contributed by atoms with Crippen LogP contribution in [-0.2, 0) is 12.7 Å². The van der Waals surface area contributed by atoms with Crippen LogP contribution in [0, 0.1) is 6.92 Å². The lowest BCUT2D eigenvalue weighted by Gasteiger charge is -2.34. The minimum absolute atomic E-state index is 0.128. The van der Waals surface area contributed by atoms with Crippen molar-refractivity contribution in [3.05, 3.63) is 70.9 Å². The number of fused-ring (bicyclic) bond motifs is 1. The van der Waals surface area contributed by atoms with E-state index in [0.717, 1.165) is 23.3 Å². The van der Waals surface area contributed by atoms with E-state index in [4.69, 9.17) is 0 Å². The molecule has 0 spiro atoms. The molecule has 0 saturated heterocycles. The number of anilines is 4. The van der Waals surface area contributed by atoms with Crippen molar-refractivity contribution in [2.24, 2.45) is 0 Å². The highest BCUT2D eigenvalue weighted by atomic mass is 127. The second-order valence-corrected chi connectivity index (χ2v) is 8.14. The van der Waals surface area contributed by atoms with Gasteiger partial charge in [0.05, 0.1) is 40.7 Å². The summed E-state index contributed by atoms with van der Waals surface area (Å²) in [6.45, 7) is 2.03. The van der Waals surface area contributed by atoms with E-state index in [1.807, 2.05) is 29.8 Å². The molecule has 0 aliphatic carbocycles. The lowest BCUT2D eigenvalue weighted by Crippen LogP contribution is -2.46. The molecule has 2 aromatic carbocycles. The van der Waals surface area contributed by atoms with Crippen LogP contribution < -0.4 is 18.6 Å². The molecule has 0 saturated carbocycles. The van der Waals surface area contributed by atoms with Gasteiger partial charge in [-0.1, -0.05) is 12.1 Å². The summed E-state index contributed by atoms with van der Waals surface area (Å²) in [5.74, 6) is 0.172. The third-order valence-corrected chi connectivity index (χ3v) is 5.78. The topological polar surface area (TPSA) is 90.5 Å². The Balaban J connectivity index is 1.61. The number of carbonyl (C=O) groups excluding carboxylic acids is 2. The molecule has 2 N–H and O–H groups in total. The first-order chi connectivity index (χ1) is 16.1. The highest BCUT2D eigenvalue weighted by Gasteiger charge is 2.32. The fourth-order valence-corrected chi connectivity index (χ4v) is 3.82. The lowest BCUT2D eigenvalue weighted by atomic mass is 10.1. The van der Waals surface area contributed by atoms with Gasteiger partial charge in [0.1, 0.15) is 5.82 Å². The van der Waals surface area contributed by atoms with Crippen molar-refractivity contribution in [3.8, 4) is 0 Å². The van der Waals surface area contributed by atoms with Gasteiger partial charge in [0, 0.05) is 30.1 Å². The van der Waals surface area contributed by atoms with Crippen LogP contribution in [0.4, 0.5) is 41.1 Å². The first kappa shape index (κ1) is 23.7. The second-order valence-electron chi connectivity index (χ2n) is 7.60. The lowest BCUT2D eigenvalue weighted by molar-refractivity contribution is -0.137. The van der Waals surface area contributed by atoms with Gasteiger partial charge in [-0.25, -0.2) is 9.78 Å². The number of halogens is 4. The Kier molecular flexibility index (Phi) is 6.34. The minimum atomic E-state index is -4.55. The summed E-state index contributed by atoms with van der Waals surface area (Å²) < 4.78 is 41.8. The fraction of sp³-hybridized carbons (Fsp3) is 0.182. The summed E-state index contributed by atoms with van der Waals surface area (Å²) in [6.07, 6.45) is -2.92. The van der Waals surface area contributed by atoms with Gasteiger partial charge in [0.25, 0.3) is 5.91 Å². The van der Waals surface area contributed by atoms with Crippen molar-refractivity contribution >= 4 is 57.9 Å². The maximum absolute atomic E-state index is 13.1. The minimum Gasteiger partial charge on any atom is -0.322 e. The highest BCUT2D eigenvalue weighted by molar-refractivity contribution is 14.1. The average molecular weight is 582 g/mol. The van der Waals surface area contributed by atoms with Crippen molar-refractivity contribution in [1.82, 2.24) is 9.97 Å². The summed E-state index contributed by atoms with van der Waals surface area (Å²) in [5, 5.41) is 2.61. The number of nitrogens with zero attached hydrogens (tertiary/aromatic N) is 4. The van der Waals surface area contributed by atoms with Gasteiger partial charge in [0.2, 0.25) is 5.95 Å². The van der Waals surface area contributed by atoms with Gasteiger partial charge in [-0.3, -0.25) is 18.1 Å².